The van der Waals surface area contributed by atoms with Crippen LogP contribution >= 0.6 is 23.2 Å². The number of nitrogens with one attached hydrogen (secondary N) is 2. The molecule has 5 nitrogen and oxygen atoms in total. The van der Waals surface area contributed by atoms with Gasteiger partial charge in [-0.15, -0.1) is 0 Å². The van der Waals surface area contributed by atoms with Crippen LogP contribution in [0.3, 0.4) is 0 Å². The van der Waals surface area contributed by atoms with E-state index in [1.54, 1.807) is 0 Å². The van der Waals surface area contributed by atoms with Gasteiger partial charge in [-0.05, 0) is 30.7 Å². The number of aryl methyl sites for hydroxylation is 1. The van der Waals surface area contributed by atoms with Crippen molar-refractivity contribution in [2.45, 2.75) is 18.4 Å². The third-order valence-corrected chi connectivity index (χ3v) is 5.33. The van der Waals surface area contributed by atoms with Crippen LogP contribution in [0.1, 0.15) is 11.1 Å². The van der Waals surface area contributed by atoms with Gasteiger partial charge in [-0.2, -0.15) is 0 Å². The molecule has 0 aromatic heterocycles. The second-order valence-electron chi connectivity index (χ2n) is 5.17. The topological polar surface area (TPSA) is 75.3 Å². The molecular formula is C16H16Cl2N2O3S. The van der Waals surface area contributed by atoms with E-state index >= 15 is 0 Å². The van der Waals surface area contributed by atoms with Gasteiger partial charge in [0.2, 0.25) is 15.9 Å². The monoisotopic (exact) mass is 386 g/mol. The Labute approximate surface area is 151 Å². The van der Waals surface area contributed by atoms with Crippen LogP contribution in [0.15, 0.2) is 47.4 Å². The Hall–Kier alpha value is -1.60. The van der Waals surface area contributed by atoms with Crippen molar-refractivity contribution in [1.82, 2.24) is 10.0 Å². The minimum Gasteiger partial charge on any atom is -0.351 e. The average molecular weight is 387 g/mol. The summed E-state index contributed by atoms with van der Waals surface area (Å²) in [6, 6.07) is 11.6. The van der Waals surface area contributed by atoms with E-state index in [0.717, 1.165) is 11.1 Å². The predicted octanol–water partition coefficient (Wildman–Crippen LogP) is 2.90. The SMILES string of the molecule is Cc1cccc(CNC(=O)CNS(=O)(=O)c2ccc(Cl)c(Cl)c2)c1. The normalized spacial score (nSPS) is 11.3. The standard InChI is InChI=1S/C16H16Cl2N2O3S/c1-11-3-2-4-12(7-11)9-19-16(21)10-20-24(22,23)13-5-6-14(17)15(18)8-13/h2-8,20H,9-10H2,1H3,(H,19,21). The van der Waals surface area contributed by atoms with E-state index < -0.39 is 15.9 Å². The Morgan fingerprint density at radius 2 is 1.83 bits per heavy atom. The molecule has 2 N–H and O–H groups in total. The van der Waals surface area contributed by atoms with Crippen LogP contribution in [0.4, 0.5) is 0 Å². The lowest BCUT2D eigenvalue weighted by Crippen LogP contribution is -2.36. The summed E-state index contributed by atoms with van der Waals surface area (Å²) < 4.78 is 26.5. The van der Waals surface area contributed by atoms with Crippen LogP contribution in [0, 0.1) is 6.92 Å². The van der Waals surface area contributed by atoms with Crippen LogP contribution in [0.25, 0.3) is 0 Å². The van der Waals surface area contributed by atoms with Crippen LogP contribution in [-0.2, 0) is 21.4 Å². The number of carbonyl (C=O) groups excluding carboxylic acids is 1. The number of rotatable bonds is 6. The van der Waals surface area contributed by atoms with Crippen molar-refractivity contribution < 1.29 is 13.2 Å². The average Bonchev–Trinajstić information content (AvgIpc) is 2.53. The molecule has 0 heterocycles. The Bertz CT molecular complexity index is 854. The van der Waals surface area contributed by atoms with Crippen LogP contribution in [-0.4, -0.2) is 20.9 Å². The highest BCUT2D eigenvalue weighted by atomic mass is 35.5. The molecule has 0 atom stereocenters. The Morgan fingerprint density at radius 1 is 1.08 bits per heavy atom. The summed E-state index contributed by atoms with van der Waals surface area (Å²) in [7, 11) is -3.84. The Balaban J connectivity index is 1.91. The molecule has 0 saturated heterocycles. The summed E-state index contributed by atoms with van der Waals surface area (Å²) in [6.45, 7) is 1.92. The lowest BCUT2D eigenvalue weighted by atomic mass is 10.1. The first-order valence-electron chi connectivity index (χ1n) is 7.05. The molecular weight excluding hydrogens is 371 g/mol. The minimum atomic E-state index is -3.84. The van der Waals surface area contributed by atoms with E-state index in [0.29, 0.717) is 6.54 Å². The fourth-order valence-electron chi connectivity index (χ4n) is 1.97. The molecule has 2 aromatic carbocycles. The molecule has 0 spiro atoms. The van der Waals surface area contributed by atoms with Crippen LogP contribution in [0.5, 0.6) is 0 Å². The molecule has 0 saturated carbocycles. The van der Waals surface area contributed by atoms with Gasteiger partial charge in [-0.3, -0.25) is 4.79 Å². The molecule has 0 fully saturated rings. The lowest BCUT2D eigenvalue weighted by Gasteiger charge is -2.09. The van der Waals surface area contributed by atoms with Crippen molar-refractivity contribution in [2.75, 3.05) is 6.54 Å². The molecule has 0 aliphatic heterocycles. The zero-order chi connectivity index (χ0) is 17.7. The summed E-state index contributed by atoms with van der Waals surface area (Å²) in [4.78, 5) is 11.8. The maximum Gasteiger partial charge on any atom is 0.241 e. The summed E-state index contributed by atoms with van der Waals surface area (Å²) in [5.74, 6) is -0.430. The van der Waals surface area contributed by atoms with Gasteiger partial charge in [-0.25, -0.2) is 13.1 Å². The smallest absolute Gasteiger partial charge is 0.241 e. The van der Waals surface area contributed by atoms with E-state index in [4.69, 9.17) is 23.2 Å². The third-order valence-electron chi connectivity index (χ3n) is 3.20. The first-order valence-corrected chi connectivity index (χ1v) is 9.29. The van der Waals surface area contributed by atoms with Gasteiger partial charge in [0.25, 0.3) is 0 Å². The Kier molecular flexibility index (Phi) is 6.23. The molecule has 0 radical (unpaired) electrons. The number of hydrogen-bond donors (Lipinski definition) is 2. The highest BCUT2D eigenvalue weighted by Gasteiger charge is 2.16. The molecule has 2 aromatic rings. The molecule has 2 rings (SSSR count). The van der Waals surface area contributed by atoms with Crippen molar-refractivity contribution in [3.05, 3.63) is 63.6 Å². The molecule has 0 unspecified atom stereocenters. The summed E-state index contributed by atoms with van der Waals surface area (Å²) in [6.07, 6.45) is 0. The fourth-order valence-corrected chi connectivity index (χ4v) is 3.34. The molecule has 8 heteroatoms. The number of carbonyl (C=O) groups is 1. The maximum atomic E-state index is 12.1. The van der Waals surface area contributed by atoms with E-state index in [1.807, 2.05) is 31.2 Å². The minimum absolute atomic E-state index is 0.0524. The van der Waals surface area contributed by atoms with Crippen molar-refractivity contribution >= 4 is 39.1 Å². The Morgan fingerprint density at radius 3 is 2.50 bits per heavy atom. The molecule has 24 heavy (non-hydrogen) atoms. The van der Waals surface area contributed by atoms with Gasteiger partial charge >= 0.3 is 0 Å². The van der Waals surface area contributed by atoms with Crippen LogP contribution in [0.2, 0.25) is 10.0 Å². The molecule has 0 aliphatic rings. The number of benzene rings is 2. The zero-order valence-electron chi connectivity index (χ0n) is 12.8. The molecule has 0 bridgehead atoms. The van der Waals surface area contributed by atoms with Crippen molar-refractivity contribution in [1.29, 1.82) is 0 Å². The number of halogens is 2. The third kappa shape index (κ3) is 5.21. The predicted molar refractivity (Wildman–Crippen MR) is 94.7 cm³/mol. The van der Waals surface area contributed by atoms with Crippen molar-refractivity contribution in [3.63, 3.8) is 0 Å². The first kappa shape index (κ1) is 18.7. The summed E-state index contributed by atoms with van der Waals surface area (Å²) in [5.41, 5.74) is 2.03. The van der Waals surface area contributed by atoms with E-state index in [2.05, 4.69) is 10.0 Å². The zero-order valence-corrected chi connectivity index (χ0v) is 15.2. The number of amides is 1. The van der Waals surface area contributed by atoms with Gasteiger partial charge in [0, 0.05) is 6.54 Å². The van der Waals surface area contributed by atoms with Gasteiger partial charge in [0.1, 0.15) is 0 Å². The molecule has 1 amide bonds. The second-order valence-corrected chi connectivity index (χ2v) is 7.75. The van der Waals surface area contributed by atoms with E-state index in [9.17, 15) is 13.2 Å². The highest BCUT2D eigenvalue weighted by molar-refractivity contribution is 7.89. The molecule has 128 valence electrons. The van der Waals surface area contributed by atoms with Gasteiger partial charge in [0.15, 0.2) is 0 Å². The largest absolute Gasteiger partial charge is 0.351 e. The lowest BCUT2D eigenvalue weighted by molar-refractivity contribution is -0.120. The highest BCUT2D eigenvalue weighted by Crippen LogP contribution is 2.24. The van der Waals surface area contributed by atoms with Crippen molar-refractivity contribution in [3.8, 4) is 0 Å². The summed E-state index contributed by atoms with van der Waals surface area (Å²) in [5, 5.41) is 3.04. The van der Waals surface area contributed by atoms with E-state index in [1.165, 1.54) is 18.2 Å². The van der Waals surface area contributed by atoms with E-state index in [-0.39, 0.29) is 21.5 Å². The quantitative estimate of drug-likeness (QED) is 0.801. The van der Waals surface area contributed by atoms with Crippen molar-refractivity contribution in [2.24, 2.45) is 0 Å². The van der Waals surface area contributed by atoms with Crippen LogP contribution < -0.4 is 10.0 Å². The molecule has 0 aliphatic carbocycles. The summed E-state index contributed by atoms with van der Waals surface area (Å²) >= 11 is 11.6. The second kappa shape index (κ2) is 7.98. The number of hydrogen-bond acceptors (Lipinski definition) is 3. The van der Waals surface area contributed by atoms with Gasteiger partial charge < -0.3 is 5.32 Å². The van der Waals surface area contributed by atoms with Gasteiger partial charge in [-0.1, -0.05) is 53.0 Å². The van der Waals surface area contributed by atoms with Gasteiger partial charge in [0.05, 0.1) is 21.5 Å². The fraction of sp³-hybridized carbons (Fsp3) is 0.188. The maximum absolute atomic E-state index is 12.1. The first-order chi connectivity index (χ1) is 11.3. The number of sulfonamides is 1.